The van der Waals surface area contributed by atoms with Crippen LogP contribution in [0.2, 0.25) is 0 Å². The summed E-state index contributed by atoms with van der Waals surface area (Å²) in [6.45, 7) is 6.24. The zero-order chi connectivity index (χ0) is 15.8. The third-order valence-corrected chi connectivity index (χ3v) is 4.50. The lowest BCUT2D eigenvalue weighted by atomic mass is 10.1. The first kappa shape index (κ1) is 14.1. The van der Waals surface area contributed by atoms with Crippen molar-refractivity contribution in [2.24, 2.45) is 0 Å². The molecule has 0 spiro atoms. The molecule has 1 fully saturated rings. The summed E-state index contributed by atoms with van der Waals surface area (Å²) in [6, 6.07) is 6.74. The number of rotatable bonds is 3. The number of aryl methyl sites for hydroxylation is 2. The van der Waals surface area contributed by atoms with Crippen LogP contribution in [-0.4, -0.2) is 38.9 Å². The molecule has 118 valence electrons. The van der Waals surface area contributed by atoms with Crippen LogP contribution >= 0.6 is 0 Å². The molecule has 0 saturated carbocycles. The van der Waals surface area contributed by atoms with Gasteiger partial charge >= 0.3 is 0 Å². The number of aromatic nitrogens is 4. The molecule has 6 heteroatoms. The summed E-state index contributed by atoms with van der Waals surface area (Å²) < 4.78 is 1.88. The van der Waals surface area contributed by atoms with Gasteiger partial charge in [-0.25, -0.2) is 14.6 Å². The van der Waals surface area contributed by atoms with E-state index in [-0.39, 0.29) is 0 Å². The van der Waals surface area contributed by atoms with Crippen molar-refractivity contribution in [1.82, 2.24) is 25.1 Å². The summed E-state index contributed by atoms with van der Waals surface area (Å²) in [5.41, 5.74) is 4.37. The molecule has 0 aliphatic carbocycles. The molecule has 2 aromatic heterocycles. The number of fused-ring (bicyclic) bond motifs is 1. The Labute approximate surface area is 135 Å². The van der Waals surface area contributed by atoms with Gasteiger partial charge in [-0.2, -0.15) is 5.10 Å². The molecule has 1 aromatic carbocycles. The molecule has 0 amide bonds. The van der Waals surface area contributed by atoms with Crippen LogP contribution in [0.15, 0.2) is 30.7 Å². The predicted octanol–water partition coefficient (Wildman–Crippen LogP) is 2.21. The molecule has 1 atom stereocenters. The van der Waals surface area contributed by atoms with Crippen LogP contribution in [0.25, 0.3) is 16.7 Å². The van der Waals surface area contributed by atoms with Crippen molar-refractivity contribution in [1.29, 1.82) is 0 Å². The van der Waals surface area contributed by atoms with Crippen LogP contribution in [0.5, 0.6) is 0 Å². The first-order chi connectivity index (χ1) is 11.2. The van der Waals surface area contributed by atoms with Crippen molar-refractivity contribution in [2.45, 2.75) is 26.3 Å². The zero-order valence-corrected chi connectivity index (χ0v) is 13.4. The number of nitrogens with zero attached hydrogens (tertiary/aromatic N) is 4. The van der Waals surface area contributed by atoms with Crippen molar-refractivity contribution in [3.63, 3.8) is 0 Å². The third-order valence-electron chi connectivity index (χ3n) is 4.50. The molecule has 23 heavy (non-hydrogen) atoms. The number of nitrogens with one attached hydrogen (secondary N) is 2. The lowest BCUT2D eigenvalue weighted by Gasteiger charge is -2.12. The lowest BCUT2D eigenvalue weighted by Crippen LogP contribution is -2.22. The van der Waals surface area contributed by atoms with Gasteiger partial charge in [-0.05, 0) is 50.1 Å². The highest BCUT2D eigenvalue weighted by atomic mass is 15.3. The van der Waals surface area contributed by atoms with Gasteiger partial charge in [0, 0.05) is 12.6 Å². The summed E-state index contributed by atoms with van der Waals surface area (Å²) >= 11 is 0. The maximum atomic E-state index is 4.53. The van der Waals surface area contributed by atoms with E-state index >= 15 is 0 Å². The second kappa shape index (κ2) is 5.62. The van der Waals surface area contributed by atoms with E-state index in [4.69, 9.17) is 0 Å². The number of hydrogen-bond donors (Lipinski definition) is 2. The van der Waals surface area contributed by atoms with Crippen LogP contribution in [0, 0.1) is 13.8 Å². The predicted molar refractivity (Wildman–Crippen MR) is 91.0 cm³/mol. The molecular weight excluding hydrogens is 288 g/mol. The molecule has 4 rings (SSSR count). The van der Waals surface area contributed by atoms with Crippen LogP contribution < -0.4 is 10.6 Å². The fourth-order valence-corrected chi connectivity index (χ4v) is 2.98. The molecular formula is C17H20N6. The first-order valence-electron chi connectivity index (χ1n) is 7.96. The Hall–Kier alpha value is -2.47. The minimum Gasteiger partial charge on any atom is -0.365 e. The molecule has 1 aliphatic rings. The van der Waals surface area contributed by atoms with E-state index in [1.54, 1.807) is 6.33 Å². The van der Waals surface area contributed by atoms with Gasteiger partial charge in [0.2, 0.25) is 0 Å². The number of hydrogen-bond acceptors (Lipinski definition) is 5. The smallest absolute Gasteiger partial charge is 0.168 e. The summed E-state index contributed by atoms with van der Waals surface area (Å²) in [4.78, 5) is 8.84. The van der Waals surface area contributed by atoms with E-state index in [9.17, 15) is 0 Å². The fourth-order valence-electron chi connectivity index (χ4n) is 2.98. The Morgan fingerprint density at radius 1 is 1.22 bits per heavy atom. The van der Waals surface area contributed by atoms with Gasteiger partial charge in [-0.1, -0.05) is 6.07 Å². The summed E-state index contributed by atoms with van der Waals surface area (Å²) in [5.74, 6) is 0.860. The summed E-state index contributed by atoms with van der Waals surface area (Å²) in [7, 11) is 0. The second-order valence-corrected chi connectivity index (χ2v) is 6.12. The van der Waals surface area contributed by atoms with Gasteiger partial charge in [0.05, 0.1) is 17.3 Å². The van der Waals surface area contributed by atoms with Gasteiger partial charge in [-0.15, -0.1) is 0 Å². The van der Waals surface area contributed by atoms with Gasteiger partial charge in [0.25, 0.3) is 0 Å². The molecule has 0 radical (unpaired) electrons. The van der Waals surface area contributed by atoms with Crippen LogP contribution in [-0.2, 0) is 0 Å². The van der Waals surface area contributed by atoms with Crippen molar-refractivity contribution < 1.29 is 0 Å². The Morgan fingerprint density at radius 3 is 2.91 bits per heavy atom. The topological polar surface area (TPSA) is 67.7 Å². The fraction of sp³-hybridized carbons (Fsp3) is 0.353. The van der Waals surface area contributed by atoms with Gasteiger partial charge < -0.3 is 10.6 Å². The number of benzene rings is 1. The van der Waals surface area contributed by atoms with Gasteiger partial charge in [0.15, 0.2) is 5.65 Å². The molecule has 6 nitrogen and oxygen atoms in total. The molecule has 0 bridgehead atoms. The molecule has 3 aromatic rings. The van der Waals surface area contributed by atoms with Crippen LogP contribution in [0.3, 0.4) is 0 Å². The average molecular weight is 308 g/mol. The highest BCUT2D eigenvalue weighted by Gasteiger charge is 2.17. The third kappa shape index (κ3) is 2.55. The SMILES string of the molecule is Cc1ccc(-n2ncc3c(NC4CCNC4)ncnc32)cc1C. The van der Waals surface area contributed by atoms with Gasteiger partial charge in [-0.3, -0.25) is 0 Å². The van der Waals surface area contributed by atoms with E-state index < -0.39 is 0 Å². The highest BCUT2D eigenvalue weighted by Crippen LogP contribution is 2.23. The van der Waals surface area contributed by atoms with Crippen molar-refractivity contribution >= 4 is 16.9 Å². The minimum absolute atomic E-state index is 0.415. The van der Waals surface area contributed by atoms with E-state index in [2.05, 4.69) is 57.7 Å². The van der Waals surface area contributed by atoms with E-state index in [1.165, 1.54) is 11.1 Å². The normalized spacial score (nSPS) is 17.7. The maximum absolute atomic E-state index is 4.53. The molecule has 1 aliphatic heterocycles. The van der Waals surface area contributed by atoms with Crippen LogP contribution in [0.1, 0.15) is 17.5 Å². The molecule has 1 saturated heterocycles. The van der Waals surface area contributed by atoms with Crippen LogP contribution in [0.4, 0.5) is 5.82 Å². The maximum Gasteiger partial charge on any atom is 0.168 e. The first-order valence-corrected chi connectivity index (χ1v) is 7.96. The van der Waals surface area contributed by atoms with Gasteiger partial charge in [0.1, 0.15) is 12.1 Å². The van der Waals surface area contributed by atoms with E-state index in [0.717, 1.165) is 42.0 Å². The Kier molecular flexibility index (Phi) is 3.46. The van der Waals surface area contributed by atoms with E-state index in [1.807, 2.05) is 10.9 Å². The quantitative estimate of drug-likeness (QED) is 0.776. The Balaban J connectivity index is 1.75. The average Bonchev–Trinajstić information content (AvgIpc) is 3.20. The molecule has 1 unspecified atom stereocenters. The number of anilines is 1. The Bertz CT molecular complexity index is 847. The standard InChI is InChI=1S/C17H20N6/c1-11-3-4-14(7-12(11)2)23-17-15(9-21-23)16(19-10-20-17)22-13-5-6-18-8-13/h3-4,7,9-10,13,18H,5-6,8H2,1-2H3,(H,19,20,22). The van der Waals surface area contributed by atoms with Crippen molar-refractivity contribution in [2.75, 3.05) is 18.4 Å². The van der Waals surface area contributed by atoms with E-state index in [0.29, 0.717) is 6.04 Å². The largest absolute Gasteiger partial charge is 0.365 e. The summed E-state index contributed by atoms with van der Waals surface area (Å²) in [6.07, 6.45) is 4.55. The Morgan fingerprint density at radius 2 is 2.13 bits per heavy atom. The second-order valence-electron chi connectivity index (χ2n) is 6.12. The molecule has 2 N–H and O–H groups in total. The van der Waals surface area contributed by atoms with Crippen molar-refractivity contribution in [3.8, 4) is 5.69 Å². The lowest BCUT2D eigenvalue weighted by molar-refractivity contribution is 0.789. The minimum atomic E-state index is 0.415. The molecule has 3 heterocycles. The monoisotopic (exact) mass is 308 g/mol. The van der Waals surface area contributed by atoms with Crippen molar-refractivity contribution in [3.05, 3.63) is 41.9 Å². The highest BCUT2D eigenvalue weighted by molar-refractivity contribution is 5.87. The zero-order valence-electron chi connectivity index (χ0n) is 13.4. The summed E-state index contributed by atoms with van der Waals surface area (Å²) in [5, 5.41) is 12.3.